The predicted octanol–water partition coefficient (Wildman–Crippen LogP) is 3.11. The molecule has 0 amide bonds. The number of aromatic nitrogens is 4. The van der Waals surface area contributed by atoms with E-state index in [1.807, 2.05) is 12.3 Å². The molecule has 0 atom stereocenters. The second-order valence-corrected chi connectivity index (χ2v) is 6.48. The summed E-state index contributed by atoms with van der Waals surface area (Å²) in [6.07, 6.45) is 3.79. The second kappa shape index (κ2) is 6.52. The van der Waals surface area contributed by atoms with Crippen LogP contribution in [0.5, 0.6) is 0 Å². The van der Waals surface area contributed by atoms with Gasteiger partial charge in [-0.05, 0) is 31.0 Å². The number of rotatable bonds is 4. The van der Waals surface area contributed by atoms with Gasteiger partial charge in [0.2, 0.25) is 0 Å². The van der Waals surface area contributed by atoms with Crippen molar-refractivity contribution in [1.82, 2.24) is 24.4 Å². The molecule has 0 saturated carbocycles. The molecule has 3 aromatic rings. The summed E-state index contributed by atoms with van der Waals surface area (Å²) in [5.74, 6) is 1.64. The van der Waals surface area contributed by atoms with Crippen molar-refractivity contribution in [2.45, 2.75) is 46.3 Å². The molecular formula is C19H22FN5. The van der Waals surface area contributed by atoms with E-state index in [1.54, 1.807) is 0 Å². The number of imidazole rings is 1. The number of benzene rings is 1. The molecular weight excluding hydrogens is 317 g/mol. The molecule has 1 aromatic carbocycles. The molecule has 0 N–H and O–H groups in total. The Morgan fingerprint density at radius 1 is 1.20 bits per heavy atom. The van der Waals surface area contributed by atoms with E-state index >= 15 is 0 Å². The van der Waals surface area contributed by atoms with Gasteiger partial charge < -0.3 is 4.57 Å². The molecule has 25 heavy (non-hydrogen) atoms. The minimum Gasteiger partial charge on any atom is -0.327 e. The van der Waals surface area contributed by atoms with Gasteiger partial charge in [-0.15, -0.1) is 0 Å². The molecule has 5 nitrogen and oxygen atoms in total. The Hall–Kier alpha value is -2.34. The molecule has 0 fully saturated rings. The summed E-state index contributed by atoms with van der Waals surface area (Å²) in [5.41, 5.74) is 4.10. The van der Waals surface area contributed by atoms with E-state index in [2.05, 4.69) is 33.3 Å². The zero-order valence-electron chi connectivity index (χ0n) is 14.7. The third kappa shape index (κ3) is 3.02. The molecule has 0 saturated heterocycles. The largest absolute Gasteiger partial charge is 0.327 e. The topological polar surface area (TPSA) is 46.8 Å². The number of aryl methyl sites for hydroxylation is 2. The van der Waals surface area contributed by atoms with Crippen LogP contribution in [-0.4, -0.2) is 31.0 Å². The lowest BCUT2D eigenvalue weighted by Crippen LogP contribution is -2.32. The van der Waals surface area contributed by atoms with E-state index in [9.17, 15) is 4.39 Å². The fraction of sp³-hybridized carbons (Fsp3) is 0.421. The predicted molar refractivity (Wildman–Crippen MR) is 94.6 cm³/mol. The summed E-state index contributed by atoms with van der Waals surface area (Å²) in [6, 6.07) is 4.83. The van der Waals surface area contributed by atoms with Crippen LogP contribution in [0.2, 0.25) is 0 Å². The van der Waals surface area contributed by atoms with Gasteiger partial charge >= 0.3 is 0 Å². The van der Waals surface area contributed by atoms with Crippen molar-refractivity contribution in [2.24, 2.45) is 0 Å². The van der Waals surface area contributed by atoms with Crippen LogP contribution in [-0.2, 0) is 32.5 Å². The average Bonchev–Trinajstić information content (AvgIpc) is 2.96. The van der Waals surface area contributed by atoms with Gasteiger partial charge in [0.05, 0.1) is 23.3 Å². The van der Waals surface area contributed by atoms with Crippen LogP contribution in [0.25, 0.3) is 11.0 Å². The first-order valence-electron chi connectivity index (χ1n) is 8.88. The van der Waals surface area contributed by atoms with Gasteiger partial charge in [-0.2, -0.15) is 0 Å². The standard InChI is InChI=1S/C19H22FN5/c1-3-18-21-10-13-7-8-24(11-16(13)22-18)12-19-23-15-9-14(20)5-6-17(15)25(19)4-2/h5-6,9-10H,3-4,7-8,11-12H2,1-2H3. The number of fused-ring (bicyclic) bond motifs is 2. The molecule has 0 spiro atoms. The highest BCUT2D eigenvalue weighted by molar-refractivity contribution is 5.76. The van der Waals surface area contributed by atoms with Gasteiger partial charge in [0.25, 0.3) is 0 Å². The van der Waals surface area contributed by atoms with Crippen LogP contribution >= 0.6 is 0 Å². The highest BCUT2D eigenvalue weighted by Crippen LogP contribution is 2.22. The Kier molecular flexibility index (Phi) is 4.21. The van der Waals surface area contributed by atoms with Crippen molar-refractivity contribution in [2.75, 3.05) is 6.54 Å². The summed E-state index contributed by atoms with van der Waals surface area (Å²) < 4.78 is 15.7. The molecule has 1 aliphatic rings. The molecule has 0 aliphatic carbocycles. The van der Waals surface area contributed by atoms with Crippen LogP contribution in [0.4, 0.5) is 4.39 Å². The van der Waals surface area contributed by atoms with Crippen molar-refractivity contribution in [3.8, 4) is 0 Å². The van der Waals surface area contributed by atoms with Crippen molar-refractivity contribution < 1.29 is 4.39 Å². The van der Waals surface area contributed by atoms with Gasteiger partial charge in [0, 0.05) is 38.3 Å². The third-order valence-electron chi connectivity index (χ3n) is 4.86. The molecule has 3 heterocycles. The number of hydrogen-bond donors (Lipinski definition) is 0. The Morgan fingerprint density at radius 2 is 2.08 bits per heavy atom. The van der Waals surface area contributed by atoms with E-state index in [4.69, 9.17) is 4.98 Å². The lowest BCUT2D eigenvalue weighted by atomic mass is 10.1. The van der Waals surface area contributed by atoms with Crippen molar-refractivity contribution >= 4 is 11.0 Å². The molecule has 0 unspecified atom stereocenters. The Balaban J connectivity index is 1.61. The van der Waals surface area contributed by atoms with Crippen LogP contribution < -0.4 is 0 Å². The Bertz CT molecular complexity index is 918. The van der Waals surface area contributed by atoms with Gasteiger partial charge in [-0.3, -0.25) is 4.90 Å². The fourth-order valence-electron chi connectivity index (χ4n) is 3.53. The first-order valence-corrected chi connectivity index (χ1v) is 8.88. The van der Waals surface area contributed by atoms with E-state index in [0.29, 0.717) is 0 Å². The maximum atomic E-state index is 13.5. The lowest BCUT2D eigenvalue weighted by molar-refractivity contribution is 0.232. The zero-order chi connectivity index (χ0) is 17.4. The second-order valence-electron chi connectivity index (χ2n) is 6.48. The summed E-state index contributed by atoms with van der Waals surface area (Å²) in [7, 11) is 0. The molecule has 130 valence electrons. The van der Waals surface area contributed by atoms with Crippen molar-refractivity contribution in [3.05, 3.63) is 53.1 Å². The normalized spacial score (nSPS) is 14.8. The van der Waals surface area contributed by atoms with Gasteiger partial charge in [-0.1, -0.05) is 6.92 Å². The van der Waals surface area contributed by atoms with Gasteiger partial charge in [0.15, 0.2) is 0 Å². The van der Waals surface area contributed by atoms with Crippen LogP contribution in [0, 0.1) is 5.82 Å². The van der Waals surface area contributed by atoms with Crippen LogP contribution in [0.1, 0.15) is 36.8 Å². The van der Waals surface area contributed by atoms with Crippen molar-refractivity contribution in [3.63, 3.8) is 0 Å². The SMILES string of the molecule is CCc1ncc2c(n1)CN(Cc1nc3cc(F)ccc3n1CC)CC2. The maximum absolute atomic E-state index is 13.5. The minimum absolute atomic E-state index is 0.240. The maximum Gasteiger partial charge on any atom is 0.128 e. The Labute approximate surface area is 146 Å². The first-order chi connectivity index (χ1) is 12.2. The Morgan fingerprint density at radius 3 is 2.88 bits per heavy atom. The fourth-order valence-corrected chi connectivity index (χ4v) is 3.53. The summed E-state index contributed by atoms with van der Waals surface area (Å²) in [4.78, 5) is 16.1. The van der Waals surface area contributed by atoms with E-state index in [-0.39, 0.29) is 5.82 Å². The van der Waals surface area contributed by atoms with Gasteiger partial charge in [-0.25, -0.2) is 19.3 Å². The van der Waals surface area contributed by atoms with Crippen LogP contribution in [0.3, 0.4) is 0 Å². The summed E-state index contributed by atoms with van der Waals surface area (Å²) in [5, 5.41) is 0. The minimum atomic E-state index is -0.240. The molecule has 4 rings (SSSR count). The van der Waals surface area contributed by atoms with E-state index in [0.717, 1.165) is 67.4 Å². The van der Waals surface area contributed by atoms with Crippen LogP contribution in [0.15, 0.2) is 24.4 Å². The quantitative estimate of drug-likeness (QED) is 0.733. The lowest BCUT2D eigenvalue weighted by Gasteiger charge is -2.27. The number of nitrogens with zero attached hydrogens (tertiary/aromatic N) is 5. The van der Waals surface area contributed by atoms with E-state index in [1.165, 1.54) is 17.7 Å². The molecule has 0 radical (unpaired) electrons. The number of hydrogen-bond acceptors (Lipinski definition) is 4. The highest BCUT2D eigenvalue weighted by Gasteiger charge is 2.21. The number of halogens is 1. The zero-order valence-corrected chi connectivity index (χ0v) is 14.7. The molecule has 2 aromatic heterocycles. The smallest absolute Gasteiger partial charge is 0.128 e. The first kappa shape index (κ1) is 16.1. The van der Waals surface area contributed by atoms with Gasteiger partial charge in [0.1, 0.15) is 17.5 Å². The summed E-state index contributed by atoms with van der Waals surface area (Å²) >= 11 is 0. The molecule has 1 aliphatic heterocycles. The molecule has 0 bridgehead atoms. The third-order valence-corrected chi connectivity index (χ3v) is 4.86. The van der Waals surface area contributed by atoms with E-state index < -0.39 is 0 Å². The average molecular weight is 339 g/mol. The monoisotopic (exact) mass is 339 g/mol. The molecule has 6 heteroatoms. The van der Waals surface area contributed by atoms with Crippen molar-refractivity contribution in [1.29, 1.82) is 0 Å². The summed E-state index contributed by atoms with van der Waals surface area (Å²) in [6.45, 7) is 7.51. The highest BCUT2D eigenvalue weighted by atomic mass is 19.1.